The van der Waals surface area contributed by atoms with E-state index < -0.39 is 0 Å². The van der Waals surface area contributed by atoms with E-state index in [1.165, 1.54) is 5.56 Å². The summed E-state index contributed by atoms with van der Waals surface area (Å²) in [4.78, 5) is 11.1. The lowest BCUT2D eigenvalue weighted by molar-refractivity contribution is 0.370. The van der Waals surface area contributed by atoms with E-state index in [1.807, 2.05) is 25.0 Å². The second kappa shape index (κ2) is 7.67. The molecule has 0 aromatic carbocycles. The van der Waals surface area contributed by atoms with Gasteiger partial charge in [-0.15, -0.1) is 0 Å². The maximum absolute atomic E-state index is 5.28. The summed E-state index contributed by atoms with van der Waals surface area (Å²) in [5.41, 5.74) is 1.30. The van der Waals surface area contributed by atoms with Gasteiger partial charge in [0.25, 0.3) is 0 Å². The molecule has 1 saturated heterocycles. The number of hydrogen-bond donors (Lipinski definition) is 1. The number of aromatic nitrogens is 4. The van der Waals surface area contributed by atoms with Gasteiger partial charge in [0.15, 0.2) is 11.8 Å². The molecule has 25 heavy (non-hydrogen) atoms. The van der Waals surface area contributed by atoms with E-state index in [1.54, 1.807) is 0 Å². The molecule has 8 heteroatoms. The SMILES string of the molecule is CN=C(NCCc1nc(C(C)C)no1)N1CCC(c2cnn(C)c2)C1. The van der Waals surface area contributed by atoms with Crippen molar-refractivity contribution in [1.29, 1.82) is 0 Å². The van der Waals surface area contributed by atoms with Crippen LogP contribution in [0.1, 0.15) is 49.4 Å². The average Bonchev–Trinajstić information content (AvgIpc) is 3.31. The molecule has 1 aliphatic heterocycles. The molecular weight excluding hydrogens is 318 g/mol. The quantitative estimate of drug-likeness (QED) is 0.653. The second-order valence-corrected chi connectivity index (χ2v) is 6.80. The van der Waals surface area contributed by atoms with Crippen LogP contribution in [-0.4, -0.2) is 57.5 Å². The fraction of sp³-hybridized carbons (Fsp3) is 0.647. The fourth-order valence-corrected chi connectivity index (χ4v) is 3.09. The Morgan fingerprint density at radius 2 is 2.32 bits per heavy atom. The van der Waals surface area contributed by atoms with Crippen LogP contribution in [-0.2, 0) is 13.5 Å². The van der Waals surface area contributed by atoms with Crippen molar-refractivity contribution < 1.29 is 4.52 Å². The number of guanidine groups is 1. The fourth-order valence-electron chi connectivity index (χ4n) is 3.09. The second-order valence-electron chi connectivity index (χ2n) is 6.80. The van der Waals surface area contributed by atoms with Crippen molar-refractivity contribution in [3.63, 3.8) is 0 Å². The minimum absolute atomic E-state index is 0.284. The molecule has 0 aliphatic carbocycles. The van der Waals surface area contributed by atoms with Gasteiger partial charge in [0.05, 0.1) is 6.20 Å². The van der Waals surface area contributed by atoms with Crippen LogP contribution in [0.3, 0.4) is 0 Å². The molecule has 0 spiro atoms. The van der Waals surface area contributed by atoms with Gasteiger partial charge in [0, 0.05) is 58.2 Å². The highest BCUT2D eigenvalue weighted by molar-refractivity contribution is 5.80. The molecule has 0 amide bonds. The lowest BCUT2D eigenvalue weighted by atomic mass is 10.0. The van der Waals surface area contributed by atoms with Crippen LogP contribution < -0.4 is 5.32 Å². The van der Waals surface area contributed by atoms with Crippen LogP contribution in [0, 0.1) is 0 Å². The number of hydrogen-bond acceptors (Lipinski definition) is 5. The Labute approximate surface area is 148 Å². The van der Waals surface area contributed by atoms with E-state index >= 15 is 0 Å². The van der Waals surface area contributed by atoms with Crippen molar-refractivity contribution in [3.8, 4) is 0 Å². The van der Waals surface area contributed by atoms with Gasteiger partial charge in [-0.05, 0) is 12.0 Å². The van der Waals surface area contributed by atoms with Crippen LogP contribution in [0.5, 0.6) is 0 Å². The Bertz CT molecular complexity index is 718. The molecule has 136 valence electrons. The van der Waals surface area contributed by atoms with Crippen LogP contribution in [0.4, 0.5) is 0 Å². The Kier molecular flexibility index (Phi) is 5.35. The van der Waals surface area contributed by atoms with Crippen LogP contribution in [0.2, 0.25) is 0 Å². The zero-order valence-corrected chi connectivity index (χ0v) is 15.4. The van der Waals surface area contributed by atoms with Crippen molar-refractivity contribution in [2.45, 2.75) is 38.5 Å². The predicted octanol–water partition coefficient (Wildman–Crippen LogP) is 1.53. The van der Waals surface area contributed by atoms with Crippen LogP contribution >= 0.6 is 0 Å². The molecule has 1 N–H and O–H groups in total. The highest BCUT2D eigenvalue weighted by Gasteiger charge is 2.26. The first-order chi connectivity index (χ1) is 12.1. The predicted molar refractivity (Wildman–Crippen MR) is 95.6 cm³/mol. The largest absolute Gasteiger partial charge is 0.356 e. The van der Waals surface area contributed by atoms with E-state index in [4.69, 9.17) is 4.52 Å². The van der Waals surface area contributed by atoms with Gasteiger partial charge < -0.3 is 14.7 Å². The molecule has 0 radical (unpaired) electrons. The summed E-state index contributed by atoms with van der Waals surface area (Å²) in [6, 6.07) is 0. The topological polar surface area (TPSA) is 84.4 Å². The number of aliphatic imine (C=N–C) groups is 1. The van der Waals surface area contributed by atoms with Crippen molar-refractivity contribution in [3.05, 3.63) is 29.7 Å². The standard InChI is InChI=1S/C17H27N7O/c1-12(2)16-21-15(25-22-16)5-7-19-17(18-3)24-8-6-13(11-24)14-9-20-23(4)10-14/h9-10,12-13H,5-8,11H2,1-4H3,(H,18,19). The number of nitrogens with one attached hydrogen (secondary N) is 1. The molecule has 3 rings (SSSR count). The van der Waals surface area contributed by atoms with Gasteiger partial charge in [-0.2, -0.15) is 10.1 Å². The monoisotopic (exact) mass is 345 g/mol. The van der Waals surface area contributed by atoms with Gasteiger partial charge >= 0.3 is 0 Å². The normalized spacial score (nSPS) is 18.4. The van der Waals surface area contributed by atoms with Gasteiger partial charge in [0.1, 0.15) is 0 Å². The minimum atomic E-state index is 0.284. The van der Waals surface area contributed by atoms with Crippen molar-refractivity contribution in [2.75, 3.05) is 26.7 Å². The highest BCUT2D eigenvalue weighted by Crippen LogP contribution is 2.26. The molecule has 1 fully saturated rings. The summed E-state index contributed by atoms with van der Waals surface area (Å²) < 4.78 is 7.14. The molecule has 1 unspecified atom stereocenters. The summed E-state index contributed by atoms with van der Waals surface area (Å²) in [6.45, 7) is 6.79. The van der Waals surface area contributed by atoms with Crippen LogP contribution in [0.15, 0.2) is 21.9 Å². The first kappa shape index (κ1) is 17.4. The van der Waals surface area contributed by atoms with E-state index in [0.29, 0.717) is 18.2 Å². The van der Waals surface area contributed by atoms with E-state index in [2.05, 4.69) is 50.5 Å². The van der Waals surface area contributed by atoms with Crippen molar-refractivity contribution in [2.24, 2.45) is 12.0 Å². The number of rotatable bonds is 5. The third-order valence-electron chi connectivity index (χ3n) is 4.52. The van der Waals surface area contributed by atoms with Gasteiger partial charge in [-0.1, -0.05) is 19.0 Å². The summed E-state index contributed by atoms with van der Waals surface area (Å²) in [6.07, 6.45) is 5.88. The average molecular weight is 345 g/mol. The Morgan fingerprint density at radius 3 is 2.96 bits per heavy atom. The van der Waals surface area contributed by atoms with Gasteiger partial charge in [0.2, 0.25) is 5.89 Å². The van der Waals surface area contributed by atoms with Gasteiger partial charge in [-0.25, -0.2) is 0 Å². The molecule has 8 nitrogen and oxygen atoms in total. The highest BCUT2D eigenvalue weighted by atomic mass is 16.5. The number of aryl methyl sites for hydroxylation is 1. The molecule has 2 aromatic heterocycles. The smallest absolute Gasteiger partial charge is 0.228 e. The molecule has 0 bridgehead atoms. The molecule has 1 atom stereocenters. The first-order valence-electron chi connectivity index (χ1n) is 8.83. The molecule has 0 saturated carbocycles. The zero-order chi connectivity index (χ0) is 17.8. The minimum Gasteiger partial charge on any atom is -0.356 e. The maximum Gasteiger partial charge on any atom is 0.228 e. The summed E-state index contributed by atoms with van der Waals surface area (Å²) in [7, 11) is 3.78. The zero-order valence-electron chi connectivity index (χ0n) is 15.4. The lowest BCUT2D eigenvalue weighted by Gasteiger charge is -2.21. The third-order valence-corrected chi connectivity index (χ3v) is 4.52. The molecule has 2 aromatic rings. The first-order valence-corrected chi connectivity index (χ1v) is 8.83. The Morgan fingerprint density at radius 1 is 1.48 bits per heavy atom. The van der Waals surface area contributed by atoms with E-state index in [-0.39, 0.29) is 5.92 Å². The molecule has 1 aliphatic rings. The lowest BCUT2D eigenvalue weighted by Crippen LogP contribution is -2.40. The molecule has 3 heterocycles. The third kappa shape index (κ3) is 4.18. The summed E-state index contributed by atoms with van der Waals surface area (Å²) in [5, 5.41) is 11.7. The number of nitrogens with zero attached hydrogens (tertiary/aromatic N) is 6. The number of likely N-dealkylation sites (tertiary alicyclic amines) is 1. The van der Waals surface area contributed by atoms with Crippen LogP contribution in [0.25, 0.3) is 0 Å². The van der Waals surface area contributed by atoms with Crippen molar-refractivity contribution in [1.82, 2.24) is 30.1 Å². The summed E-state index contributed by atoms with van der Waals surface area (Å²) >= 11 is 0. The summed E-state index contributed by atoms with van der Waals surface area (Å²) in [5.74, 6) is 3.15. The van der Waals surface area contributed by atoms with Gasteiger partial charge in [-0.3, -0.25) is 9.67 Å². The van der Waals surface area contributed by atoms with E-state index in [0.717, 1.165) is 37.8 Å². The maximum atomic E-state index is 5.28. The Balaban J connectivity index is 1.49. The van der Waals surface area contributed by atoms with E-state index in [9.17, 15) is 0 Å². The van der Waals surface area contributed by atoms with Crippen molar-refractivity contribution >= 4 is 5.96 Å². The Hall–Kier alpha value is -2.38. The molecular formula is C17H27N7O.